The van der Waals surface area contributed by atoms with Crippen molar-refractivity contribution in [2.45, 2.75) is 19.4 Å². The second-order valence-electron chi connectivity index (χ2n) is 2.81. The van der Waals surface area contributed by atoms with E-state index in [4.69, 9.17) is 10.9 Å². The van der Waals surface area contributed by atoms with Crippen LogP contribution in [0.4, 0.5) is 0 Å². The van der Waals surface area contributed by atoms with E-state index in [1.165, 1.54) is 5.56 Å². The molecule has 1 heterocycles. The van der Waals surface area contributed by atoms with Crippen LogP contribution in [0.5, 0.6) is 0 Å². The average molecular weight is 199 g/mol. The quantitative estimate of drug-likeness (QED) is 0.386. The van der Waals surface area contributed by atoms with Crippen molar-refractivity contribution in [1.82, 2.24) is 5.48 Å². The van der Waals surface area contributed by atoms with Crippen molar-refractivity contribution in [1.29, 1.82) is 0 Å². The molecule has 1 aromatic rings. The number of aliphatic imine (C=N–C) groups is 1. The van der Waals surface area contributed by atoms with Crippen LogP contribution in [0.25, 0.3) is 0 Å². The molecule has 4 nitrogen and oxygen atoms in total. The molecule has 0 radical (unpaired) electrons. The lowest BCUT2D eigenvalue weighted by molar-refractivity contribution is 0.232. The van der Waals surface area contributed by atoms with Gasteiger partial charge in [0.05, 0.1) is 6.04 Å². The fourth-order valence-electron chi connectivity index (χ4n) is 1.06. The van der Waals surface area contributed by atoms with Crippen LogP contribution in [-0.2, 0) is 6.42 Å². The first-order valence-electron chi connectivity index (χ1n) is 3.97. The number of nitrogens with two attached hydrogens (primary N) is 1. The summed E-state index contributed by atoms with van der Waals surface area (Å²) in [7, 11) is 0. The smallest absolute Gasteiger partial charge is 0.213 e. The summed E-state index contributed by atoms with van der Waals surface area (Å²) in [6.07, 6.45) is 0.839. The maximum absolute atomic E-state index is 8.41. The highest BCUT2D eigenvalue weighted by molar-refractivity contribution is 7.07. The Morgan fingerprint density at radius 1 is 1.85 bits per heavy atom. The molecular weight excluding hydrogens is 186 g/mol. The van der Waals surface area contributed by atoms with Crippen molar-refractivity contribution < 1.29 is 5.21 Å². The van der Waals surface area contributed by atoms with E-state index in [9.17, 15) is 0 Å². The number of guanidine groups is 1. The van der Waals surface area contributed by atoms with Gasteiger partial charge in [-0.25, -0.2) is 10.5 Å². The first-order chi connectivity index (χ1) is 6.22. The van der Waals surface area contributed by atoms with Crippen molar-refractivity contribution in [2.24, 2.45) is 10.7 Å². The molecule has 0 bridgehead atoms. The highest BCUT2D eigenvalue weighted by atomic mass is 32.1. The highest BCUT2D eigenvalue weighted by Crippen LogP contribution is 2.09. The van der Waals surface area contributed by atoms with Crippen molar-refractivity contribution in [3.63, 3.8) is 0 Å². The number of hydrogen-bond donors (Lipinski definition) is 3. The van der Waals surface area contributed by atoms with Crippen LogP contribution in [0.2, 0.25) is 0 Å². The molecule has 1 atom stereocenters. The Labute approximate surface area is 81.1 Å². The van der Waals surface area contributed by atoms with Crippen LogP contribution in [0.15, 0.2) is 21.8 Å². The summed E-state index contributed by atoms with van der Waals surface area (Å²) in [5, 5.41) is 12.5. The molecule has 0 aliphatic heterocycles. The van der Waals surface area contributed by atoms with Crippen molar-refractivity contribution >= 4 is 17.3 Å². The molecule has 0 fully saturated rings. The summed E-state index contributed by atoms with van der Waals surface area (Å²) in [6.45, 7) is 1.95. The zero-order valence-electron chi connectivity index (χ0n) is 7.40. The van der Waals surface area contributed by atoms with Crippen molar-refractivity contribution in [3.05, 3.63) is 22.4 Å². The number of nitrogens with one attached hydrogen (secondary N) is 1. The normalized spacial score (nSPS) is 14.2. The zero-order valence-corrected chi connectivity index (χ0v) is 8.21. The SMILES string of the molecule is CC(Cc1ccsc1)N=C(N)NO. The van der Waals surface area contributed by atoms with Gasteiger partial charge in [0.25, 0.3) is 0 Å². The van der Waals surface area contributed by atoms with E-state index in [1.54, 1.807) is 16.8 Å². The standard InChI is InChI=1S/C8H13N3OS/c1-6(10-8(9)11-12)4-7-2-3-13-5-7/h2-3,5-6,12H,4H2,1H3,(H3,9,10,11). The van der Waals surface area contributed by atoms with Gasteiger partial charge in [-0.3, -0.25) is 5.21 Å². The van der Waals surface area contributed by atoms with E-state index >= 15 is 0 Å². The van der Waals surface area contributed by atoms with Gasteiger partial charge in [0, 0.05) is 0 Å². The second-order valence-corrected chi connectivity index (χ2v) is 3.59. The average Bonchev–Trinajstić information content (AvgIpc) is 2.56. The lowest BCUT2D eigenvalue weighted by Crippen LogP contribution is -2.30. The Hall–Kier alpha value is -1.07. The Balaban J connectivity index is 2.46. The molecule has 72 valence electrons. The Kier molecular flexibility index (Phi) is 3.72. The summed E-state index contributed by atoms with van der Waals surface area (Å²) in [5.74, 6) is 0.0581. The summed E-state index contributed by atoms with van der Waals surface area (Å²) < 4.78 is 0. The van der Waals surface area contributed by atoms with Crippen LogP contribution < -0.4 is 11.2 Å². The van der Waals surface area contributed by atoms with Crippen LogP contribution in [-0.4, -0.2) is 17.2 Å². The Morgan fingerprint density at radius 3 is 3.15 bits per heavy atom. The van der Waals surface area contributed by atoms with Gasteiger partial charge in [-0.05, 0) is 35.7 Å². The molecule has 0 saturated heterocycles. The predicted molar refractivity (Wildman–Crippen MR) is 54.0 cm³/mol. The molecule has 0 saturated carbocycles. The van der Waals surface area contributed by atoms with Gasteiger partial charge in [0.1, 0.15) is 0 Å². The molecule has 1 rings (SSSR count). The molecular formula is C8H13N3OS. The number of hydroxylamine groups is 1. The molecule has 0 amide bonds. The van der Waals surface area contributed by atoms with Gasteiger partial charge in [-0.15, -0.1) is 0 Å². The molecule has 1 unspecified atom stereocenters. The fraction of sp³-hybridized carbons (Fsp3) is 0.375. The predicted octanol–water partition coefficient (Wildman–Crippen LogP) is 0.973. The highest BCUT2D eigenvalue weighted by Gasteiger charge is 2.02. The van der Waals surface area contributed by atoms with Gasteiger partial charge in [-0.1, -0.05) is 0 Å². The van der Waals surface area contributed by atoms with Crippen LogP contribution in [0, 0.1) is 0 Å². The number of nitrogens with zero attached hydrogens (tertiary/aromatic N) is 1. The molecule has 0 aromatic carbocycles. The van der Waals surface area contributed by atoms with Crippen LogP contribution >= 0.6 is 11.3 Å². The van der Waals surface area contributed by atoms with Gasteiger partial charge in [0.2, 0.25) is 5.96 Å². The Bertz CT molecular complexity index is 271. The number of hydrogen-bond acceptors (Lipinski definition) is 3. The van der Waals surface area contributed by atoms with Crippen LogP contribution in [0.3, 0.4) is 0 Å². The lowest BCUT2D eigenvalue weighted by Gasteiger charge is -2.05. The molecule has 0 aliphatic carbocycles. The van der Waals surface area contributed by atoms with Crippen molar-refractivity contribution in [3.8, 4) is 0 Å². The van der Waals surface area contributed by atoms with E-state index in [-0.39, 0.29) is 12.0 Å². The molecule has 13 heavy (non-hydrogen) atoms. The van der Waals surface area contributed by atoms with Gasteiger partial charge < -0.3 is 5.73 Å². The van der Waals surface area contributed by atoms with Crippen LogP contribution in [0.1, 0.15) is 12.5 Å². The zero-order chi connectivity index (χ0) is 9.68. The monoisotopic (exact) mass is 199 g/mol. The molecule has 4 N–H and O–H groups in total. The molecule has 1 aromatic heterocycles. The largest absolute Gasteiger partial charge is 0.368 e. The number of thiophene rings is 1. The fourth-order valence-corrected chi connectivity index (χ4v) is 1.74. The van der Waals surface area contributed by atoms with E-state index in [2.05, 4.69) is 16.4 Å². The Morgan fingerprint density at radius 2 is 2.62 bits per heavy atom. The summed E-state index contributed by atoms with van der Waals surface area (Å²) in [4.78, 5) is 4.01. The van der Waals surface area contributed by atoms with E-state index < -0.39 is 0 Å². The lowest BCUT2D eigenvalue weighted by atomic mass is 10.1. The summed E-state index contributed by atoms with van der Waals surface area (Å²) in [6, 6.07) is 2.13. The third kappa shape index (κ3) is 3.43. The topological polar surface area (TPSA) is 70.6 Å². The summed E-state index contributed by atoms with van der Waals surface area (Å²) >= 11 is 1.66. The third-order valence-electron chi connectivity index (χ3n) is 1.59. The van der Waals surface area contributed by atoms with Crippen molar-refractivity contribution in [2.75, 3.05) is 0 Å². The molecule has 0 aliphatic rings. The first kappa shape index (κ1) is 10.0. The molecule has 0 spiro atoms. The number of rotatable bonds is 3. The van der Waals surface area contributed by atoms with Gasteiger partial charge >= 0.3 is 0 Å². The first-order valence-corrected chi connectivity index (χ1v) is 4.91. The minimum absolute atomic E-state index is 0.0581. The van der Waals surface area contributed by atoms with E-state index in [0.29, 0.717) is 0 Å². The maximum Gasteiger partial charge on any atom is 0.213 e. The summed E-state index contributed by atoms with van der Waals surface area (Å²) in [5.41, 5.74) is 8.34. The minimum atomic E-state index is 0.0581. The second kappa shape index (κ2) is 4.84. The van der Waals surface area contributed by atoms with Gasteiger partial charge in [0.15, 0.2) is 0 Å². The van der Waals surface area contributed by atoms with Gasteiger partial charge in [-0.2, -0.15) is 11.3 Å². The maximum atomic E-state index is 8.41. The van der Waals surface area contributed by atoms with E-state index in [0.717, 1.165) is 6.42 Å². The van der Waals surface area contributed by atoms with E-state index in [1.807, 2.05) is 12.3 Å². The molecule has 5 heteroatoms. The third-order valence-corrected chi connectivity index (χ3v) is 2.32. The minimum Gasteiger partial charge on any atom is -0.368 e.